The number of anilines is 1. The van der Waals surface area contributed by atoms with Gasteiger partial charge in [0, 0.05) is 17.1 Å². The summed E-state index contributed by atoms with van der Waals surface area (Å²) in [6.45, 7) is 0.676. The molecule has 1 heterocycles. The molecule has 0 aromatic heterocycles. The van der Waals surface area contributed by atoms with Crippen molar-refractivity contribution in [3.63, 3.8) is 0 Å². The first-order valence-electron chi connectivity index (χ1n) is 4.45. The zero-order valence-corrected chi connectivity index (χ0v) is 8.37. The highest BCUT2D eigenvalue weighted by atomic mass is 35.5. The molecular formula is C11H10ClNO. The summed E-state index contributed by atoms with van der Waals surface area (Å²) < 4.78 is 0. The van der Waals surface area contributed by atoms with E-state index >= 15 is 0 Å². The van der Waals surface area contributed by atoms with Crippen LogP contribution in [0.5, 0.6) is 0 Å². The lowest BCUT2D eigenvalue weighted by atomic mass is 10.1. The Bertz CT molecular complexity index is 372. The van der Waals surface area contributed by atoms with Gasteiger partial charge < -0.3 is 4.90 Å². The van der Waals surface area contributed by atoms with E-state index in [1.54, 1.807) is 11.0 Å². The third-order valence-corrected chi connectivity index (χ3v) is 2.39. The largest absolute Gasteiger partial charge is 0.304 e. The van der Waals surface area contributed by atoms with E-state index in [-0.39, 0.29) is 5.91 Å². The highest BCUT2D eigenvalue weighted by Crippen LogP contribution is 2.24. The van der Waals surface area contributed by atoms with Crippen LogP contribution in [0.25, 0.3) is 0 Å². The van der Waals surface area contributed by atoms with E-state index in [0.29, 0.717) is 12.4 Å². The van der Waals surface area contributed by atoms with Crippen LogP contribution in [0.2, 0.25) is 0 Å². The molecule has 0 aliphatic carbocycles. The number of benzene rings is 1. The summed E-state index contributed by atoms with van der Waals surface area (Å²) in [5.41, 5.74) is 1.76. The van der Waals surface area contributed by atoms with Crippen LogP contribution in [0.4, 0.5) is 5.69 Å². The number of β-lactam (4-membered cyclic amide) rings is 1. The quantitative estimate of drug-likeness (QED) is 0.414. The molecule has 1 amide bonds. The second-order valence-corrected chi connectivity index (χ2v) is 3.42. The molecule has 0 N–H and O–H groups in total. The number of para-hydroxylation sites is 1. The van der Waals surface area contributed by atoms with Gasteiger partial charge in [-0.15, -0.1) is 11.6 Å². The summed E-state index contributed by atoms with van der Waals surface area (Å²) in [7, 11) is 0. The van der Waals surface area contributed by atoms with E-state index < -0.39 is 0 Å². The first-order valence-corrected chi connectivity index (χ1v) is 4.98. The first-order chi connectivity index (χ1) is 6.83. The molecule has 72 valence electrons. The number of carbonyl (C=O) groups is 1. The topological polar surface area (TPSA) is 20.3 Å². The molecule has 1 aromatic rings. The fraction of sp³-hybridized carbons (Fsp3) is 0.182. The third kappa shape index (κ3) is 1.53. The lowest BCUT2D eigenvalue weighted by Gasteiger charge is -2.33. The van der Waals surface area contributed by atoms with Crippen LogP contribution in [0.3, 0.4) is 0 Å². The van der Waals surface area contributed by atoms with Crippen LogP contribution in [-0.4, -0.2) is 18.3 Å². The number of allylic oxidation sites excluding steroid dienone is 1. The van der Waals surface area contributed by atoms with Gasteiger partial charge in [-0.2, -0.15) is 0 Å². The smallest absolute Gasteiger partial charge is 0.256 e. The zero-order chi connectivity index (χ0) is 9.97. The van der Waals surface area contributed by atoms with Crippen LogP contribution in [0, 0.1) is 0 Å². The summed E-state index contributed by atoms with van der Waals surface area (Å²) in [5.74, 6) is 0.473. The van der Waals surface area contributed by atoms with Gasteiger partial charge >= 0.3 is 0 Å². The van der Waals surface area contributed by atoms with Crippen molar-refractivity contribution in [1.82, 2.24) is 0 Å². The molecule has 1 saturated heterocycles. The van der Waals surface area contributed by atoms with E-state index in [4.69, 9.17) is 11.6 Å². The Morgan fingerprint density at radius 1 is 1.36 bits per heavy atom. The molecule has 0 spiro atoms. The van der Waals surface area contributed by atoms with Crippen LogP contribution in [0.15, 0.2) is 42.0 Å². The average Bonchev–Trinajstić information content (AvgIpc) is 2.24. The number of alkyl halides is 1. The molecule has 2 nitrogen and oxygen atoms in total. The van der Waals surface area contributed by atoms with E-state index in [9.17, 15) is 4.79 Å². The van der Waals surface area contributed by atoms with E-state index in [1.165, 1.54) is 0 Å². The summed E-state index contributed by atoms with van der Waals surface area (Å²) >= 11 is 5.52. The van der Waals surface area contributed by atoms with Crippen molar-refractivity contribution in [3.8, 4) is 0 Å². The summed E-state index contributed by atoms with van der Waals surface area (Å²) in [5, 5.41) is 0. The number of hydrogen-bond donors (Lipinski definition) is 0. The Hall–Kier alpha value is -1.28. The van der Waals surface area contributed by atoms with E-state index in [2.05, 4.69) is 0 Å². The van der Waals surface area contributed by atoms with Gasteiger partial charge in [-0.05, 0) is 12.1 Å². The number of amides is 1. The predicted octanol–water partition coefficient (Wildman–Crippen LogP) is 2.20. The monoisotopic (exact) mass is 207 g/mol. The summed E-state index contributed by atoms with van der Waals surface area (Å²) in [6, 6.07) is 9.63. The zero-order valence-electron chi connectivity index (χ0n) is 7.61. The standard InChI is InChI=1S/C11H10ClNO/c12-7-6-9-8-13(11(9)14)10-4-2-1-3-5-10/h1-6H,7-8H2/b9-6-. The molecular weight excluding hydrogens is 198 g/mol. The molecule has 0 radical (unpaired) electrons. The van der Waals surface area contributed by atoms with Crippen molar-refractivity contribution < 1.29 is 4.79 Å². The lowest BCUT2D eigenvalue weighted by Crippen LogP contribution is -2.46. The molecule has 0 saturated carbocycles. The Kier molecular flexibility index (Phi) is 2.55. The maximum Gasteiger partial charge on any atom is 0.256 e. The molecule has 0 atom stereocenters. The normalized spacial score (nSPS) is 18.5. The second-order valence-electron chi connectivity index (χ2n) is 3.11. The average molecular weight is 208 g/mol. The van der Waals surface area contributed by atoms with Crippen LogP contribution in [-0.2, 0) is 4.79 Å². The van der Waals surface area contributed by atoms with E-state index in [0.717, 1.165) is 11.3 Å². The van der Waals surface area contributed by atoms with Gasteiger partial charge in [-0.1, -0.05) is 24.3 Å². The number of carbonyl (C=O) groups excluding carboxylic acids is 1. The van der Waals surface area contributed by atoms with Crippen molar-refractivity contribution in [3.05, 3.63) is 42.0 Å². The van der Waals surface area contributed by atoms with E-state index in [1.807, 2.05) is 30.3 Å². The highest BCUT2D eigenvalue weighted by molar-refractivity contribution is 6.20. The maximum atomic E-state index is 11.6. The Labute approximate surface area is 87.8 Å². The summed E-state index contributed by atoms with van der Waals surface area (Å²) in [4.78, 5) is 13.3. The highest BCUT2D eigenvalue weighted by Gasteiger charge is 2.30. The number of halogens is 1. The second kappa shape index (κ2) is 3.84. The van der Waals surface area contributed by atoms with Crippen molar-refractivity contribution in [2.75, 3.05) is 17.3 Å². The van der Waals surface area contributed by atoms with Crippen LogP contribution in [0.1, 0.15) is 0 Å². The van der Waals surface area contributed by atoms with Crippen LogP contribution < -0.4 is 4.90 Å². The maximum absolute atomic E-state index is 11.6. The SMILES string of the molecule is O=C1/C(=C\CCl)CN1c1ccccc1. The number of rotatable bonds is 2. The molecule has 0 unspecified atom stereocenters. The van der Waals surface area contributed by atoms with Gasteiger partial charge in [0.2, 0.25) is 0 Å². The molecule has 2 rings (SSSR count). The predicted molar refractivity (Wildman–Crippen MR) is 57.6 cm³/mol. The number of hydrogen-bond acceptors (Lipinski definition) is 1. The van der Waals surface area contributed by atoms with Crippen molar-refractivity contribution in [2.24, 2.45) is 0 Å². The molecule has 1 aliphatic heterocycles. The van der Waals surface area contributed by atoms with Crippen molar-refractivity contribution in [2.45, 2.75) is 0 Å². The summed E-state index contributed by atoms with van der Waals surface area (Å²) in [6.07, 6.45) is 1.77. The Morgan fingerprint density at radius 3 is 2.64 bits per heavy atom. The minimum atomic E-state index is 0.0665. The molecule has 0 bridgehead atoms. The molecule has 1 aromatic carbocycles. The van der Waals surface area contributed by atoms with Crippen LogP contribution >= 0.6 is 11.6 Å². The molecule has 1 fully saturated rings. The van der Waals surface area contributed by atoms with Gasteiger partial charge in [0.25, 0.3) is 5.91 Å². The van der Waals surface area contributed by atoms with Crippen molar-refractivity contribution >= 4 is 23.2 Å². The fourth-order valence-electron chi connectivity index (χ4n) is 1.45. The molecule has 3 heteroatoms. The first kappa shape index (κ1) is 9.28. The minimum absolute atomic E-state index is 0.0665. The lowest BCUT2D eigenvalue weighted by molar-refractivity contribution is -0.117. The Balaban J connectivity index is 2.12. The third-order valence-electron chi connectivity index (χ3n) is 2.24. The number of nitrogens with zero attached hydrogens (tertiary/aromatic N) is 1. The van der Waals surface area contributed by atoms with Gasteiger partial charge in [0.1, 0.15) is 0 Å². The Morgan fingerprint density at radius 2 is 2.07 bits per heavy atom. The van der Waals surface area contributed by atoms with Gasteiger partial charge in [-0.3, -0.25) is 4.79 Å². The molecule has 14 heavy (non-hydrogen) atoms. The van der Waals surface area contributed by atoms with Gasteiger partial charge in [-0.25, -0.2) is 0 Å². The minimum Gasteiger partial charge on any atom is -0.304 e. The fourth-order valence-corrected chi connectivity index (χ4v) is 1.64. The van der Waals surface area contributed by atoms with Gasteiger partial charge in [0.15, 0.2) is 0 Å². The molecule has 1 aliphatic rings. The van der Waals surface area contributed by atoms with Crippen molar-refractivity contribution in [1.29, 1.82) is 0 Å². The van der Waals surface area contributed by atoms with Gasteiger partial charge in [0.05, 0.1) is 6.54 Å².